The molecule has 3 aromatic rings. The molecular formula is C26H20N4O4. The summed E-state index contributed by atoms with van der Waals surface area (Å²) in [5.74, 6) is -0.766. The van der Waals surface area contributed by atoms with E-state index in [1.165, 1.54) is 14.0 Å². The number of nitrogens with zero attached hydrogens (tertiary/aromatic N) is 2. The molecule has 1 aliphatic heterocycles. The van der Waals surface area contributed by atoms with Gasteiger partial charge in [-0.3, -0.25) is 14.4 Å². The highest BCUT2D eigenvalue weighted by molar-refractivity contribution is 6.46. The zero-order valence-electron chi connectivity index (χ0n) is 18.5. The number of amides is 3. The Kier molecular flexibility index (Phi) is 6.10. The number of nitrogens with one attached hydrogen (secondary N) is 2. The van der Waals surface area contributed by atoms with Crippen molar-refractivity contribution in [1.29, 1.82) is 5.26 Å². The Labute approximate surface area is 196 Å². The average Bonchev–Trinajstić information content (AvgIpc) is 3.09. The molecule has 8 nitrogen and oxygen atoms in total. The van der Waals surface area contributed by atoms with Gasteiger partial charge in [-0.05, 0) is 54.1 Å². The molecule has 0 aliphatic carbocycles. The molecule has 0 aromatic heterocycles. The summed E-state index contributed by atoms with van der Waals surface area (Å²) in [7, 11) is 1.52. The van der Waals surface area contributed by atoms with E-state index in [2.05, 4.69) is 10.6 Å². The lowest BCUT2D eigenvalue weighted by Gasteiger charge is -2.16. The fourth-order valence-electron chi connectivity index (χ4n) is 3.64. The van der Waals surface area contributed by atoms with Crippen LogP contribution in [0.25, 0.3) is 5.57 Å². The van der Waals surface area contributed by atoms with Gasteiger partial charge in [-0.1, -0.05) is 24.3 Å². The van der Waals surface area contributed by atoms with Crippen LogP contribution in [-0.2, 0) is 14.4 Å². The van der Waals surface area contributed by atoms with Gasteiger partial charge in [0.2, 0.25) is 5.91 Å². The fourth-order valence-corrected chi connectivity index (χ4v) is 3.64. The fraction of sp³-hybridized carbons (Fsp3) is 0.0769. The number of benzene rings is 3. The van der Waals surface area contributed by atoms with Crippen LogP contribution in [0.15, 0.2) is 78.5 Å². The van der Waals surface area contributed by atoms with E-state index in [1.807, 2.05) is 6.07 Å². The Hall–Kier alpha value is -4.90. The minimum absolute atomic E-state index is 0.0890. The van der Waals surface area contributed by atoms with Crippen LogP contribution in [0, 0.1) is 11.3 Å². The topological polar surface area (TPSA) is 112 Å². The molecule has 1 aliphatic rings. The number of ether oxygens (including phenoxy) is 1. The van der Waals surface area contributed by atoms with Gasteiger partial charge in [0, 0.05) is 12.6 Å². The van der Waals surface area contributed by atoms with E-state index in [1.54, 1.807) is 72.8 Å². The molecule has 0 saturated carbocycles. The normalized spacial score (nSPS) is 13.0. The highest BCUT2D eigenvalue weighted by Crippen LogP contribution is 2.36. The van der Waals surface area contributed by atoms with Crippen molar-refractivity contribution < 1.29 is 19.1 Å². The minimum Gasteiger partial charge on any atom is -0.495 e. The molecule has 168 valence electrons. The number of rotatable bonds is 6. The molecule has 0 radical (unpaired) electrons. The zero-order valence-corrected chi connectivity index (χ0v) is 18.5. The number of nitriles is 1. The van der Waals surface area contributed by atoms with Gasteiger partial charge < -0.3 is 15.4 Å². The largest absolute Gasteiger partial charge is 0.495 e. The van der Waals surface area contributed by atoms with E-state index >= 15 is 0 Å². The summed E-state index contributed by atoms with van der Waals surface area (Å²) in [6.45, 7) is 1.40. The predicted molar refractivity (Wildman–Crippen MR) is 128 cm³/mol. The van der Waals surface area contributed by atoms with Crippen LogP contribution < -0.4 is 20.3 Å². The van der Waals surface area contributed by atoms with Crippen LogP contribution >= 0.6 is 0 Å². The van der Waals surface area contributed by atoms with E-state index in [-0.39, 0.29) is 17.2 Å². The van der Waals surface area contributed by atoms with Crippen molar-refractivity contribution in [2.24, 2.45) is 0 Å². The van der Waals surface area contributed by atoms with Gasteiger partial charge in [0.1, 0.15) is 11.4 Å². The van der Waals surface area contributed by atoms with E-state index in [9.17, 15) is 14.4 Å². The number of methoxy groups -OCH3 is 1. The molecule has 0 bridgehead atoms. The quantitative estimate of drug-likeness (QED) is 0.549. The van der Waals surface area contributed by atoms with Gasteiger partial charge >= 0.3 is 0 Å². The molecule has 0 unspecified atom stereocenters. The smallest absolute Gasteiger partial charge is 0.282 e. The number of carbonyl (C=O) groups is 3. The number of anilines is 3. The van der Waals surface area contributed by atoms with Crippen LogP contribution in [-0.4, -0.2) is 24.8 Å². The summed E-state index contributed by atoms with van der Waals surface area (Å²) in [6.07, 6.45) is 0. The molecular weight excluding hydrogens is 432 g/mol. The lowest BCUT2D eigenvalue weighted by molar-refractivity contribution is -0.120. The average molecular weight is 452 g/mol. The maximum Gasteiger partial charge on any atom is 0.282 e. The van der Waals surface area contributed by atoms with Crippen LogP contribution in [0.3, 0.4) is 0 Å². The van der Waals surface area contributed by atoms with Gasteiger partial charge in [-0.25, -0.2) is 4.90 Å². The summed E-state index contributed by atoms with van der Waals surface area (Å²) < 4.78 is 5.38. The third-order valence-electron chi connectivity index (χ3n) is 5.20. The van der Waals surface area contributed by atoms with Gasteiger partial charge in [0.15, 0.2) is 0 Å². The second-order valence-electron chi connectivity index (χ2n) is 7.44. The Morgan fingerprint density at radius 3 is 2.24 bits per heavy atom. The first-order valence-corrected chi connectivity index (χ1v) is 10.3. The van der Waals surface area contributed by atoms with Gasteiger partial charge in [0.05, 0.1) is 35.7 Å². The monoisotopic (exact) mass is 452 g/mol. The van der Waals surface area contributed by atoms with Crippen molar-refractivity contribution >= 4 is 40.4 Å². The van der Waals surface area contributed by atoms with Crippen molar-refractivity contribution in [2.45, 2.75) is 6.92 Å². The molecule has 2 N–H and O–H groups in total. The molecule has 4 rings (SSSR count). The summed E-state index contributed by atoms with van der Waals surface area (Å²) in [4.78, 5) is 39.4. The molecule has 3 aromatic carbocycles. The first-order valence-electron chi connectivity index (χ1n) is 10.3. The standard InChI is InChI=1S/C26H20N4O4/c1-16(31)28-19-11-9-18(10-12-19)23-24(29-21-5-3-4-6-22(21)34-2)26(33)30(25(23)32)20-13-7-17(15-27)8-14-20/h3-14,29H,1-2H3,(H,28,31). The number of para-hydroxylation sites is 2. The summed E-state index contributed by atoms with van der Waals surface area (Å²) >= 11 is 0. The number of carbonyl (C=O) groups excluding carboxylic acids is 3. The summed E-state index contributed by atoms with van der Waals surface area (Å²) in [5.41, 5.74) is 2.61. The first kappa shape index (κ1) is 22.3. The highest BCUT2D eigenvalue weighted by atomic mass is 16.5. The van der Waals surface area contributed by atoms with Gasteiger partial charge in [-0.2, -0.15) is 5.26 Å². The molecule has 34 heavy (non-hydrogen) atoms. The Balaban J connectivity index is 1.80. The SMILES string of the molecule is COc1ccccc1NC1=C(c2ccc(NC(C)=O)cc2)C(=O)N(c2ccc(C#N)cc2)C1=O. The lowest BCUT2D eigenvalue weighted by atomic mass is 10.0. The maximum absolute atomic E-state index is 13.5. The van der Waals surface area contributed by atoms with Crippen molar-refractivity contribution in [1.82, 2.24) is 0 Å². The van der Waals surface area contributed by atoms with Crippen LogP contribution in [0.2, 0.25) is 0 Å². The number of imide groups is 1. The molecule has 1 heterocycles. The molecule has 0 spiro atoms. The molecule has 0 fully saturated rings. The third-order valence-corrected chi connectivity index (χ3v) is 5.20. The van der Waals surface area contributed by atoms with Crippen LogP contribution in [0.5, 0.6) is 5.75 Å². The highest BCUT2D eigenvalue weighted by Gasteiger charge is 2.40. The van der Waals surface area contributed by atoms with Crippen LogP contribution in [0.4, 0.5) is 17.1 Å². The predicted octanol–water partition coefficient (Wildman–Crippen LogP) is 3.92. The number of hydrogen-bond acceptors (Lipinski definition) is 6. The van der Waals surface area contributed by atoms with Crippen molar-refractivity contribution in [3.63, 3.8) is 0 Å². The minimum atomic E-state index is -0.540. The van der Waals surface area contributed by atoms with E-state index in [0.717, 1.165) is 4.90 Å². The van der Waals surface area contributed by atoms with Gasteiger partial charge in [0.25, 0.3) is 11.8 Å². The lowest BCUT2D eigenvalue weighted by Crippen LogP contribution is -2.32. The Morgan fingerprint density at radius 1 is 0.941 bits per heavy atom. The Morgan fingerprint density at radius 2 is 1.62 bits per heavy atom. The van der Waals surface area contributed by atoms with Gasteiger partial charge in [-0.15, -0.1) is 0 Å². The molecule has 0 atom stereocenters. The van der Waals surface area contributed by atoms with Crippen molar-refractivity contribution in [3.8, 4) is 11.8 Å². The first-order chi connectivity index (χ1) is 16.4. The van der Waals surface area contributed by atoms with E-state index < -0.39 is 11.8 Å². The third kappa shape index (κ3) is 4.23. The maximum atomic E-state index is 13.5. The molecule has 8 heteroatoms. The van der Waals surface area contributed by atoms with E-state index in [4.69, 9.17) is 10.00 Å². The zero-order chi connectivity index (χ0) is 24.2. The summed E-state index contributed by atoms with van der Waals surface area (Å²) in [5, 5.41) is 14.8. The van der Waals surface area contributed by atoms with Crippen molar-refractivity contribution in [3.05, 3.63) is 89.6 Å². The second kappa shape index (κ2) is 9.30. The number of hydrogen-bond donors (Lipinski definition) is 2. The second-order valence-corrected chi connectivity index (χ2v) is 7.44. The van der Waals surface area contributed by atoms with Crippen molar-refractivity contribution in [2.75, 3.05) is 22.6 Å². The molecule has 3 amide bonds. The Bertz CT molecular complexity index is 1350. The van der Waals surface area contributed by atoms with Crippen LogP contribution in [0.1, 0.15) is 18.1 Å². The molecule has 0 saturated heterocycles. The summed E-state index contributed by atoms with van der Waals surface area (Å²) in [6, 6.07) is 21.9. The van der Waals surface area contributed by atoms with E-state index in [0.29, 0.717) is 33.9 Å².